The number of benzene rings is 1. The molecule has 1 aliphatic rings. The number of amides is 1. The molecule has 0 spiro atoms. The average Bonchev–Trinajstić information content (AvgIpc) is 3.04. The van der Waals surface area contributed by atoms with E-state index in [2.05, 4.69) is 5.10 Å². The highest BCUT2D eigenvalue weighted by Gasteiger charge is 2.26. The molecule has 3 rings (SSSR count). The van der Waals surface area contributed by atoms with E-state index in [4.69, 9.17) is 4.74 Å². The standard InChI is InChI=1S/C19H22FN3O4/c1-13-17(10-21-23(13)16-6-8-27-9-7-16)19(26)22(12-18(24)25)11-14-2-4-15(20)5-3-14/h2-5,10,16H,6-9,11-12H2,1H3,(H,24,25). The molecule has 1 saturated heterocycles. The lowest BCUT2D eigenvalue weighted by Crippen LogP contribution is -2.35. The van der Waals surface area contributed by atoms with Crippen LogP contribution in [0.1, 0.15) is 40.5 Å². The molecule has 1 fully saturated rings. The van der Waals surface area contributed by atoms with E-state index in [0.29, 0.717) is 30.0 Å². The molecule has 0 saturated carbocycles. The zero-order valence-corrected chi connectivity index (χ0v) is 15.1. The molecule has 27 heavy (non-hydrogen) atoms. The van der Waals surface area contributed by atoms with Gasteiger partial charge in [-0.2, -0.15) is 5.10 Å². The van der Waals surface area contributed by atoms with Crippen molar-refractivity contribution < 1.29 is 23.8 Å². The Morgan fingerprint density at radius 1 is 1.30 bits per heavy atom. The largest absolute Gasteiger partial charge is 0.480 e. The molecule has 144 valence electrons. The zero-order valence-electron chi connectivity index (χ0n) is 15.1. The molecule has 0 bridgehead atoms. The fourth-order valence-electron chi connectivity index (χ4n) is 3.27. The summed E-state index contributed by atoms with van der Waals surface area (Å²) in [7, 11) is 0. The van der Waals surface area contributed by atoms with Crippen LogP contribution in [0.2, 0.25) is 0 Å². The molecule has 1 aromatic carbocycles. The van der Waals surface area contributed by atoms with Gasteiger partial charge in [0, 0.05) is 25.5 Å². The minimum absolute atomic E-state index is 0.0767. The van der Waals surface area contributed by atoms with Gasteiger partial charge in [-0.25, -0.2) is 4.39 Å². The first-order valence-electron chi connectivity index (χ1n) is 8.83. The first kappa shape index (κ1) is 19.0. The smallest absolute Gasteiger partial charge is 0.323 e. The van der Waals surface area contributed by atoms with Gasteiger partial charge in [-0.15, -0.1) is 0 Å². The van der Waals surface area contributed by atoms with Crippen molar-refractivity contribution in [1.82, 2.24) is 14.7 Å². The van der Waals surface area contributed by atoms with Gasteiger partial charge < -0.3 is 14.7 Å². The third kappa shape index (κ3) is 4.51. The van der Waals surface area contributed by atoms with Gasteiger partial charge in [0.25, 0.3) is 5.91 Å². The number of aromatic nitrogens is 2. The molecular weight excluding hydrogens is 353 g/mol. The van der Waals surface area contributed by atoms with Crippen LogP contribution >= 0.6 is 0 Å². The minimum atomic E-state index is -1.11. The SMILES string of the molecule is Cc1c(C(=O)N(CC(=O)O)Cc2ccc(F)cc2)cnn1C1CCOCC1. The highest BCUT2D eigenvalue weighted by Crippen LogP contribution is 2.24. The molecule has 7 nitrogen and oxygen atoms in total. The van der Waals surface area contributed by atoms with Gasteiger partial charge in [-0.1, -0.05) is 12.1 Å². The van der Waals surface area contributed by atoms with Crippen LogP contribution in [-0.4, -0.2) is 51.4 Å². The zero-order chi connectivity index (χ0) is 19.4. The third-order valence-electron chi connectivity index (χ3n) is 4.71. The molecular formula is C19H22FN3O4. The van der Waals surface area contributed by atoms with E-state index in [1.807, 2.05) is 11.6 Å². The number of carbonyl (C=O) groups is 2. The van der Waals surface area contributed by atoms with Crippen molar-refractivity contribution in [2.45, 2.75) is 32.4 Å². The molecule has 0 radical (unpaired) electrons. The maximum absolute atomic E-state index is 13.1. The monoisotopic (exact) mass is 375 g/mol. The summed E-state index contributed by atoms with van der Waals surface area (Å²) < 4.78 is 20.3. The molecule has 2 heterocycles. The average molecular weight is 375 g/mol. The maximum atomic E-state index is 13.1. The number of carboxylic acid groups (broad SMARTS) is 1. The number of hydrogen-bond acceptors (Lipinski definition) is 4. The van der Waals surface area contributed by atoms with Crippen molar-refractivity contribution in [2.24, 2.45) is 0 Å². The quantitative estimate of drug-likeness (QED) is 0.838. The first-order valence-corrected chi connectivity index (χ1v) is 8.83. The Bertz CT molecular complexity index is 813. The summed E-state index contributed by atoms with van der Waals surface area (Å²) >= 11 is 0. The summed E-state index contributed by atoms with van der Waals surface area (Å²) in [6.07, 6.45) is 3.14. The minimum Gasteiger partial charge on any atom is -0.480 e. The van der Waals surface area contributed by atoms with Crippen LogP contribution < -0.4 is 0 Å². The summed E-state index contributed by atoms with van der Waals surface area (Å²) in [6, 6.07) is 5.82. The van der Waals surface area contributed by atoms with E-state index in [1.54, 1.807) is 0 Å². The molecule has 1 aliphatic heterocycles. The van der Waals surface area contributed by atoms with Gasteiger partial charge in [-0.3, -0.25) is 14.3 Å². The molecule has 1 aromatic heterocycles. The summed E-state index contributed by atoms with van der Waals surface area (Å²) in [4.78, 5) is 25.4. The van der Waals surface area contributed by atoms with Crippen molar-refractivity contribution in [1.29, 1.82) is 0 Å². The number of ether oxygens (including phenoxy) is 1. The van der Waals surface area contributed by atoms with Crippen LogP contribution in [0.5, 0.6) is 0 Å². The molecule has 8 heteroatoms. The number of hydrogen-bond donors (Lipinski definition) is 1. The van der Waals surface area contributed by atoms with E-state index >= 15 is 0 Å². The van der Waals surface area contributed by atoms with Crippen LogP contribution in [-0.2, 0) is 16.1 Å². The normalized spacial score (nSPS) is 14.9. The van der Waals surface area contributed by atoms with E-state index in [0.717, 1.165) is 12.8 Å². The second-order valence-corrected chi connectivity index (χ2v) is 6.61. The lowest BCUT2D eigenvalue weighted by Gasteiger charge is -2.24. The second kappa shape index (κ2) is 8.30. The summed E-state index contributed by atoms with van der Waals surface area (Å²) in [5, 5.41) is 13.5. The van der Waals surface area contributed by atoms with Gasteiger partial charge in [-0.05, 0) is 37.5 Å². The van der Waals surface area contributed by atoms with Crippen molar-refractivity contribution in [3.63, 3.8) is 0 Å². The predicted octanol–water partition coefficient (Wildman–Crippen LogP) is 2.41. The van der Waals surface area contributed by atoms with E-state index in [9.17, 15) is 19.1 Å². The maximum Gasteiger partial charge on any atom is 0.323 e. The van der Waals surface area contributed by atoms with Crippen molar-refractivity contribution in [2.75, 3.05) is 19.8 Å². The Morgan fingerprint density at radius 3 is 2.59 bits per heavy atom. The third-order valence-corrected chi connectivity index (χ3v) is 4.71. The predicted molar refractivity (Wildman–Crippen MR) is 94.8 cm³/mol. The van der Waals surface area contributed by atoms with Crippen molar-refractivity contribution >= 4 is 11.9 Å². The van der Waals surface area contributed by atoms with Crippen LogP contribution in [0.3, 0.4) is 0 Å². The second-order valence-electron chi connectivity index (χ2n) is 6.61. The van der Waals surface area contributed by atoms with Crippen molar-refractivity contribution in [3.05, 3.63) is 53.1 Å². The lowest BCUT2D eigenvalue weighted by atomic mass is 10.1. The van der Waals surface area contributed by atoms with Gasteiger partial charge in [0.2, 0.25) is 0 Å². The van der Waals surface area contributed by atoms with Crippen LogP contribution in [0.15, 0.2) is 30.5 Å². The van der Waals surface area contributed by atoms with Crippen LogP contribution in [0.4, 0.5) is 4.39 Å². The molecule has 0 atom stereocenters. The highest BCUT2D eigenvalue weighted by molar-refractivity contribution is 5.96. The van der Waals surface area contributed by atoms with E-state index in [1.165, 1.54) is 35.4 Å². The van der Waals surface area contributed by atoms with Gasteiger partial charge in [0.05, 0.1) is 17.8 Å². The topological polar surface area (TPSA) is 84.7 Å². The fourth-order valence-corrected chi connectivity index (χ4v) is 3.27. The number of nitrogens with zero attached hydrogens (tertiary/aromatic N) is 3. The fraction of sp³-hybridized carbons (Fsp3) is 0.421. The molecule has 0 unspecified atom stereocenters. The molecule has 0 aliphatic carbocycles. The Balaban J connectivity index is 1.82. The van der Waals surface area contributed by atoms with E-state index in [-0.39, 0.29) is 18.4 Å². The first-order chi connectivity index (χ1) is 13.0. The Labute approximate surface area is 156 Å². The number of halogens is 1. The van der Waals surface area contributed by atoms with Crippen LogP contribution in [0.25, 0.3) is 0 Å². The van der Waals surface area contributed by atoms with Crippen molar-refractivity contribution in [3.8, 4) is 0 Å². The Morgan fingerprint density at radius 2 is 1.96 bits per heavy atom. The molecule has 2 aromatic rings. The Hall–Kier alpha value is -2.74. The summed E-state index contributed by atoms with van der Waals surface area (Å²) in [6.45, 7) is 2.75. The summed E-state index contributed by atoms with van der Waals surface area (Å²) in [5.74, 6) is -1.90. The molecule has 1 amide bonds. The lowest BCUT2D eigenvalue weighted by molar-refractivity contribution is -0.137. The van der Waals surface area contributed by atoms with Gasteiger partial charge in [0.1, 0.15) is 12.4 Å². The highest BCUT2D eigenvalue weighted by atomic mass is 19.1. The van der Waals surface area contributed by atoms with Gasteiger partial charge in [0.15, 0.2) is 0 Å². The van der Waals surface area contributed by atoms with Crippen LogP contribution in [0, 0.1) is 12.7 Å². The Kier molecular flexibility index (Phi) is 5.85. The molecule has 1 N–H and O–H groups in total. The van der Waals surface area contributed by atoms with E-state index < -0.39 is 18.4 Å². The van der Waals surface area contributed by atoms with Gasteiger partial charge >= 0.3 is 5.97 Å². The summed E-state index contributed by atoms with van der Waals surface area (Å²) in [5.41, 5.74) is 1.74. The number of rotatable bonds is 6. The number of carbonyl (C=O) groups excluding carboxylic acids is 1. The number of aliphatic carboxylic acids is 1. The number of carboxylic acids is 1.